The zero-order chi connectivity index (χ0) is 14.7. The summed E-state index contributed by atoms with van der Waals surface area (Å²) in [7, 11) is 0. The fraction of sp³-hybridized carbons (Fsp3) is 0.167. The molecule has 0 saturated heterocycles. The van der Waals surface area contributed by atoms with Gasteiger partial charge in [-0.25, -0.2) is 4.68 Å². The molecule has 0 bridgehead atoms. The Morgan fingerprint density at radius 1 is 1.29 bits per heavy atom. The van der Waals surface area contributed by atoms with Crippen molar-refractivity contribution in [3.05, 3.63) is 41.2 Å². The molecule has 0 radical (unpaired) electrons. The highest BCUT2D eigenvalue weighted by Gasteiger charge is 2.08. The largest absolute Gasteiger partial charge is 0.300 e. The first kappa shape index (κ1) is 13.3. The van der Waals surface area contributed by atoms with Gasteiger partial charge in [-0.3, -0.25) is 4.79 Å². The minimum absolute atomic E-state index is 0.124. The number of hydrogen-bond donors (Lipinski definition) is 1. The number of anilines is 1. The summed E-state index contributed by atoms with van der Waals surface area (Å²) in [5, 5.41) is 22.7. The SMILES string of the molecule is Cc1nnc(NC(=O)Cc2ccc(-n3cnnn3)cc2)s1. The van der Waals surface area contributed by atoms with Crippen LogP contribution in [0.15, 0.2) is 30.6 Å². The molecular formula is C12H11N7OS. The van der Waals surface area contributed by atoms with Crippen LogP contribution in [0.3, 0.4) is 0 Å². The van der Waals surface area contributed by atoms with Crippen molar-refractivity contribution in [2.24, 2.45) is 0 Å². The van der Waals surface area contributed by atoms with E-state index in [1.54, 1.807) is 4.68 Å². The summed E-state index contributed by atoms with van der Waals surface area (Å²) in [4.78, 5) is 11.9. The van der Waals surface area contributed by atoms with Gasteiger partial charge in [-0.05, 0) is 35.0 Å². The van der Waals surface area contributed by atoms with Crippen molar-refractivity contribution in [1.82, 2.24) is 30.4 Å². The van der Waals surface area contributed by atoms with Crippen molar-refractivity contribution < 1.29 is 4.79 Å². The standard InChI is InChI=1S/C12H11N7OS/c1-8-15-16-12(21-8)14-11(20)6-9-2-4-10(5-3-9)19-7-13-17-18-19/h2-5,7H,6H2,1H3,(H,14,16,20). The van der Waals surface area contributed by atoms with Gasteiger partial charge in [0.15, 0.2) is 0 Å². The van der Waals surface area contributed by atoms with Gasteiger partial charge in [-0.1, -0.05) is 23.5 Å². The molecule has 1 amide bonds. The third kappa shape index (κ3) is 3.26. The van der Waals surface area contributed by atoms with Crippen LogP contribution in [0.1, 0.15) is 10.6 Å². The number of nitrogens with one attached hydrogen (secondary N) is 1. The number of aryl methyl sites for hydroxylation is 1. The number of hydrogen-bond acceptors (Lipinski definition) is 7. The first-order chi connectivity index (χ1) is 10.2. The van der Waals surface area contributed by atoms with E-state index in [0.29, 0.717) is 5.13 Å². The molecule has 1 N–H and O–H groups in total. The summed E-state index contributed by atoms with van der Waals surface area (Å²) in [6.45, 7) is 1.84. The van der Waals surface area contributed by atoms with Crippen molar-refractivity contribution in [3.8, 4) is 5.69 Å². The number of aromatic nitrogens is 6. The lowest BCUT2D eigenvalue weighted by atomic mass is 10.1. The Morgan fingerprint density at radius 3 is 2.71 bits per heavy atom. The van der Waals surface area contributed by atoms with Crippen molar-refractivity contribution in [2.75, 3.05) is 5.32 Å². The lowest BCUT2D eigenvalue weighted by Gasteiger charge is -2.03. The average molecular weight is 301 g/mol. The molecule has 0 unspecified atom stereocenters. The lowest BCUT2D eigenvalue weighted by molar-refractivity contribution is -0.115. The van der Waals surface area contributed by atoms with Gasteiger partial charge in [0, 0.05) is 0 Å². The summed E-state index contributed by atoms with van der Waals surface area (Å²) in [5.74, 6) is -0.124. The zero-order valence-electron chi connectivity index (χ0n) is 11.1. The number of tetrazole rings is 1. The summed E-state index contributed by atoms with van der Waals surface area (Å²) < 4.78 is 1.55. The number of rotatable bonds is 4. The molecule has 8 nitrogen and oxygen atoms in total. The molecule has 21 heavy (non-hydrogen) atoms. The molecule has 0 fully saturated rings. The van der Waals surface area contributed by atoms with Crippen LogP contribution >= 0.6 is 11.3 Å². The second-order valence-corrected chi connectivity index (χ2v) is 5.45. The maximum Gasteiger partial charge on any atom is 0.230 e. The van der Waals surface area contributed by atoms with Crippen LogP contribution in [0.2, 0.25) is 0 Å². The summed E-state index contributed by atoms with van der Waals surface area (Å²) in [5.41, 5.74) is 1.73. The van der Waals surface area contributed by atoms with Crippen LogP contribution in [0, 0.1) is 6.92 Å². The predicted octanol–water partition coefficient (Wildman–Crippen LogP) is 1.00. The molecule has 0 aliphatic heterocycles. The summed E-state index contributed by atoms with van der Waals surface area (Å²) in [6.07, 6.45) is 1.79. The van der Waals surface area contributed by atoms with Gasteiger partial charge in [0.1, 0.15) is 11.3 Å². The van der Waals surface area contributed by atoms with Gasteiger partial charge in [-0.15, -0.1) is 15.3 Å². The highest BCUT2D eigenvalue weighted by Crippen LogP contribution is 2.14. The third-order valence-corrected chi connectivity index (χ3v) is 3.44. The van der Waals surface area contributed by atoms with Crippen LogP contribution in [0.5, 0.6) is 0 Å². The maximum atomic E-state index is 11.9. The first-order valence-corrected chi connectivity index (χ1v) is 6.94. The van der Waals surface area contributed by atoms with Crippen LogP contribution in [0.4, 0.5) is 5.13 Å². The first-order valence-electron chi connectivity index (χ1n) is 6.13. The molecule has 3 aromatic rings. The van der Waals surface area contributed by atoms with Crippen molar-refractivity contribution in [1.29, 1.82) is 0 Å². The Morgan fingerprint density at radius 2 is 2.10 bits per heavy atom. The van der Waals surface area contributed by atoms with Gasteiger partial charge >= 0.3 is 0 Å². The summed E-state index contributed by atoms with van der Waals surface area (Å²) in [6, 6.07) is 7.44. The van der Waals surface area contributed by atoms with E-state index in [9.17, 15) is 4.79 Å². The van der Waals surface area contributed by atoms with Crippen LogP contribution in [0.25, 0.3) is 5.69 Å². The minimum atomic E-state index is -0.124. The Bertz CT molecular complexity index is 735. The lowest BCUT2D eigenvalue weighted by Crippen LogP contribution is -2.14. The Labute approximate surface area is 123 Å². The Kier molecular flexibility index (Phi) is 3.65. The van der Waals surface area contributed by atoms with E-state index in [0.717, 1.165) is 16.3 Å². The number of nitrogens with zero attached hydrogens (tertiary/aromatic N) is 6. The molecule has 3 rings (SSSR count). The van der Waals surface area contributed by atoms with E-state index in [1.165, 1.54) is 17.7 Å². The van der Waals surface area contributed by atoms with Crippen molar-refractivity contribution in [3.63, 3.8) is 0 Å². The molecule has 0 spiro atoms. The highest BCUT2D eigenvalue weighted by atomic mass is 32.1. The average Bonchev–Trinajstić information content (AvgIpc) is 3.11. The second kappa shape index (κ2) is 5.75. The Hall–Kier alpha value is -2.68. The number of carbonyl (C=O) groups excluding carboxylic acids is 1. The third-order valence-electron chi connectivity index (χ3n) is 2.69. The molecular weight excluding hydrogens is 290 g/mol. The Balaban J connectivity index is 1.63. The number of carbonyl (C=O) groups is 1. The van der Waals surface area contributed by atoms with E-state index < -0.39 is 0 Å². The van der Waals surface area contributed by atoms with Crippen molar-refractivity contribution >= 4 is 22.4 Å². The summed E-state index contributed by atoms with van der Waals surface area (Å²) >= 11 is 1.35. The van der Waals surface area contributed by atoms with Gasteiger partial charge in [0.05, 0.1) is 12.1 Å². The van der Waals surface area contributed by atoms with Gasteiger partial charge < -0.3 is 5.32 Å². The molecule has 2 heterocycles. The zero-order valence-corrected chi connectivity index (χ0v) is 11.9. The predicted molar refractivity (Wildman–Crippen MR) is 76.1 cm³/mol. The van der Waals surface area contributed by atoms with E-state index in [1.807, 2.05) is 31.2 Å². The van der Waals surface area contributed by atoms with E-state index in [4.69, 9.17) is 0 Å². The monoisotopic (exact) mass is 301 g/mol. The maximum absolute atomic E-state index is 11.9. The second-order valence-electron chi connectivity index (χ2n) is 4.27. The van der Waals surface area contributed by atoms with Gasteiger partial charge in [0.25, 0.3) is 0 Å². The molecule has 9 heteroatoms. The topological polar surface area (TPSA) is 98.5 Å². The normalized spacial score (nSPS) is 10.5. The fourth-order valence-electron chi connectivity index (χ4n) is 1.74. The van der Waals surface area contributed by atoms with Crippen LogP contribution < -0.4 is 5.32 Å². The molecule has 0 atom stereocenters. The van der Waals surface area contributed by atoms with Crippen LogP contribution in [-0.4, -0.2) is 36.3 Å². The molecule has 0 aliphatic rings. The number of amides is 1. The molecule has 0 aliphatic carbocycles. The fourth-order valence-corrected chi connectivity index (χ4v) is 2.35. The van der Waals surface area contributed by atoms with Gasteiger partial charge in [0.2, 0.25) is 11.0 Å². The smallest absolute Gasteiger partial charge is 0.230 e. The number of benzene rings is 1. The highest BCUT2D eigenvalue weighted by molar-refractivity contribution is 7.15. The van der Waals surface area contributed by atoms with Gasteiger partial charge in [-0.2, -0.15) is 0 Å². The van der Waals surface area contributed by atoms with Crippen LogP contribution in [-0.2, 0) is 11.2 Å². The minimum Gasteiger partial charge on any atom is -0.300 e. The molecule has 2 aromatic heterocycles. The van der Waals surface area contributed by atoms with Crippen molar-refractivity contribution in [2.45, 2.75) is 13.3 Å². The molecule has 1 aromatic carbocycles. The van der Waals surface area contributed by atoms with E-state index in [-0.39, 0.29) is 12.3 Å². The van der Waals surface area contributed by atoms with E-state index in [2.05, 4.69) is 31.0 Å². The quantitative estimate of drug-likeness (QED) is 0.772. The van der Waals surface area contributed by atoms with E-state index >= 15 is 0 Å². The molecule has 0 saturated carbocycles. The molecule has 106 valence electrons.